The van der Waals surface area contributed by atoms with Crippen molar-refractivity contribution < 1.29 is 9.21 Å². The number of hydrogen-bond acceptors (Lipinski definition) is 4. The number of hydrogen-bond donors (Lipinski definition) is 0. The van der Waals surface area contributed by atoms with E-state index >= 15 is 0 Å². The molecule has 0 amide bonds. The fraction of sp³-hybridized carbons (Fsp3) is 0.583. The van der Waals surface area contributed by atoms with Crippen LogP contribution in [-0.4, -0.2) is 44.9 Å². The highest BCUT2D eigenvalue weighted by Gasteiger charge is 2.10. The first-order valence-corrected chi connectivity index (χ1v) is 5.62. The smallest absolute Gasteiger partial charge is 0.196 e. The maximum Gasteiger partial charge on any atom is 0.196 e. The molecule has 0 aromatic carbocycles. The Morgan fingerprint density at radius 3 is 2.50 bits per heavy atom. The summed E-state index contributed by atoms with van der Waals surface area (Å²) in [5.74, 6) is 1.17. The van der Waals surface area contributed by atoms with E-state index in [1.54, 1.807) is 6.07 Å². The van der Waals surface area contributed by atoms with Crippen LogP contribution in [-0.2, 0) is 0 Å². The van der Waals surface area contributed by atoms with E-state index in [4.69, 9.17) is 4.42 Å². The van der Waals surface area contributed by atoms with Crippen molar-refractivity contribution in [3.05, 3.63) is 17.9 Å². The van der Waals surface area contributed by atoms with E-state index in [-0.39, 0.29) is 0 Å². The molecule has 0 bridgehead atoms. The van der Waals surface area contributed by atoms with Gasteiger partial charge in [-0.3, -0.25) is 4.79 Å². The first kappa shape index (κ1) is 12.8. The summed E-state index contributed by atoms with van der Waals surface area (Å²) in [5.41, 5.74) is 0. The minimum Gasteiger partial charge on any atom is -0.438 e. The molecule has 0 fully saturated rings. The van der Waals surface area contributed by atoms with Crippen LogP contribution >= 0.6 is 0 Å². The Balaban J connectivity index is 2.64. The molecule has 4 nitrogen and oxygen atoms in total. The number of likely N-dealkylation sites (N-methyl/N-ethyl adjacent to an activating group) is 1. The zero-order valence-electron chi connectivity index (χ0n) is 10.3. The molecule has 1 aromatic heterocycles. The van der Waals surface area contributed by atoms with Crippen LogP contribution in [0.4, 0.5) is 5.88 Å². The summed E-state index contributed by atoms with van der Waals surface area (Å²) in [7, 11) is 4.09. The van der Waals surface area contributed by atoms with Crippen molar-refractivity contribution in [1.82, 2.24) is 4.90 Å². The first-order chi connectivity index (χ1) is 7.67. The third-order valence-corrected chi connectivity index (χ3v) is 2.35. The third kappa shape index (κ3) is 3.70. The van der Waals surface area contributed by atoms with Gasteiger partial charge in [0, 0.05) is 25.7 Å². The average Bonchev–Trinajstić information content (AvgIpc) is 2.72. The maximum absolute atomic E-state index is 10.5. The monoisotopic (exact) mass is 224 g/mol. The Morgan fingerprint density at radius 1 is 1.25 bits per heavy atom. The van der Waals surface area contributed by atoms with Crippen molar-refractivity contribution in [2.45, 2.75) is 13.3 Å². The van der Waals surface area contributed by atoms with Gasteiger partial charge < -0.3 is 14.2 Å². The second kappa shape index (κ2) is 6.33. The normalized spacial score (nSPS) is 10.8. The standard InChI is InChI=1S/C12H20N2O2/c1-4-7-14(9-8-13(2)3)12-6-5-11(10-15)16-12/h5-6,10H,4,7-9H2,1-3H3. The Bertz CT molecular complexity index is 321. The van der Waals surface area contributed by atoms with E-state index in [1.165, 1.54) is 0 Å². The molecule has 4 heteroatoms. The minimum absolute atomic E-state index is 0.390. The molecule has 1 rings (SSSR count). The maximum atomic E-state index is 10.5. The molecule has 0 atom stereocenters. The number of aldehydes is 1. The summed E-state index contributed by atoms with van der Waals surface area (Å²) in [5, 5.41) is 0. The van der Waals surface area contributed by atoms with Gasteiger partial charge >= 0.3 is 0 Å². The lowest BCUT2D eigenvalue weighted by molar-refractivity contribution is 0.110. The quantitative estimate of drug-likeness (QED) is 0.662. The predicted octanol–water partition coefficient (Wildman–Crippen LogP) is 1.87. The van der Waals surface area contributed by atoms with Crippen LogP contribution in [0, 0.1) is 0 Å². The fourth-order valence-corrected chi connectivity index (χ4v) is 1.50. The van der Waals surface area contributed by atoms with Crippen LogP contribution in [0.5, 0.6) is 0 Å². The van der Waals surface area contributed by atoms with Crippen LogP contribution in [0.1, 0.15) is 23.9 Å². The summed E-state index contributed by atoms with van der Waals surface area (Å²) in [6.07, 6.45) is 1.80. The minimum atomic E-state index is 0.390. The van der Waals surface area contributed by atoms with Crippen molar-refractivity contribution in [3.8, 4) is 0 Å². The van der Waals surface area contributed by atoms with Gasteiger partial charge in [-0.25, -0.2) is 0 Å². The topological polar surface area (TPSA) is 36.7 Å². The first-order valence-electron chi connectivity index (χ1n) is 5.62. The van der Waals surface area contributed by atoms with Crippen molar-refractivity contribution in [3.63, 3.8) is 0 Å². The van der Waals surface area contributed by atoms with Gasteiger partial charge in [0.15, 0.2) is 17.9 Å². The van der Waals surface area contributed by atoms with E-state index in [9.17, 15) is 4.79 Å². The highest BCUT2D eigenvalue weighted by atomic mass is 16.4. The van der Waals surface area contributed by atoms with Gasteiger partial charge in [-0.15, -0.1) is 0 Å². The van der Waals surface area contributed by atoms with E-state index in [0.29, 0.717) is 5.76 Å². The van der Waals surface area contributed by atoms with Crippen molar-refractivity contribution in [2.24, 2.45) is 0 Å². The molecule has 90 valence electrons. The zero-order valence-corrected chi connectivity index (χ0v) is 10.3. The van der Waals surface area contributed by atoms with Crippen LogP contribution in [0.15, 0.2) is 16.5 Å². The Labute approximate surface area is 96.8 Å². The van der Waals surface area contributed by atoms with E-state index < -0.39 is 0 Å². The van der Waals surface area contributed by atoms with Crippen LogP contribution < -0.4 is 4.90 Å². The van der Waals surface area contributed by atoms with Crippen molar-refractivity contribution >= 4 is 12.2 Å². The molecule has 1 aromatic rings. The summed E-state index contributed by atoms with van der Waals surface area (Å²) >= 11 is 0. The molecule has 1 heterocycles. The lowest BCUT2D eigenvalue weighted by Gasteiger charge is -2.23. The summed E-state index contributed by atoms with van der Waals surface area (Å²) < 4.78 is 5.42. The molecule has 0 spiro atoms. The largest absolute Gasteiger partial charge is 0.438 e. The second-order valence-corrected chi connectivity index (χ2v) is 4.08. The number of furan rings is 1. The number of nitrogens with zero attached hydrogens (tertiary/aromatic N) is 2. The number of anilines is 1. The molecule has 16 heavy (non-hydrogen) atoms. The summed E-state index contributed by atoms with van der Waals surface area (Å²) in [6, 6.07) is 3.57. The Kier molecular flexibility index (Phi) is 5.05. The van der Waals surface area contributed by atoms with Gasteiger partial charge in [0.2, 0.25) is 0 Å². The fourth-order valence-electron chi connectivity index (χ4n) is 1.50. The second-order valence-electron chi connectivity index (χ2n) is 4.08. The van der Waals surface area contributed by atoms with Gasteiger partial charge in [-0.05, 0) is 26.6 Å². The van der Waals surface area contributed by atoms with Gasteiger partial charge in [-0.1, -0.05) is 6.92 Å². The van der Waals surface area contributed by atoms with Gasteiger partial charge in [0.25, 0.3) is 0 Å². The summed E-state index contributed by atoms with van der Waals surface area (Å²) in [4.78, 5) is 14.8. The lowest BCUT2D eigenvalue weighted by atomic mass is 10.4. The Hall–Kier alpha value is -1.29. The van der Waals surface area contributed by atoms with E-state index in [1.807, 2.05) is 20.2 Å². The van der Waals surface area contributed by atoms with Crippen molar-refractivity contribution in [1.29, 1.82) is 0 Å². The predicted molar refractivity (Wildman–Crippen MR) is 65.2 cm³/mol. The SMILES string of the molecule is CCCN(CCN(C)C)c1ccc(C=O)o1. The summed E-state index contributed by atoms with van der Waals surface area (Å²) in [6.45, 7) is 4.95. The third-order valence-electron chi connectivity index (χ3n) is 2.35. The number of carbonyl (C=O) groups is 1. The highest BCUT2D eigenvalue weighted by Crippen LogP contribution is 2.17. The lowest BCUT2D eigenvalue weighted by Crippen LogP contribution is -2.32. The highest BCUT2D eigenvalue weighted by molar-refractivity contribution is 5.71. The molecule has 0 N–H and O–H groups in total. The molecule has 0 saturated heterocycles. The van der Waals surface area contributed by atoms with E-state index in [2.05, 4.69) is 16.7 Å². The van der Waals surface area contributed by atoms with Crippen LogP contribution in [0.3, 0.4) is 0 Å². The Morgan fingerprint density at radius 2 is 2.00 bits per heavy atom. The molecular weight excluding hydrogens is 204 g/mol. The number of rotatable bonds is 7. The molecule has 0 radical (unpaired) electrons. The molecule has 0 aliphatic carbocycles. The van der Waals surface area contributed by atoms with Crippen molar-refractivity contribution in [2.75, 3.05) is 38.6 Å². The molecule has 0 saturated carbocycles. The zero-order chi connectivity index (χ0) is 12.0. The van der Waals surface area contributed by atoms with Gasteiger partial charge in [0.1, 0.15) is 0 Å². The molecule has 0 aliphatic heterocycles. The molecule has 0 unspecified atom stereocenters. The van der Waals surface area contributed by atoms with Gasteiger partial charge in [0.05, 0.1) is 0 Å². The molecule has 0 aliphatic rings. The average molecular weight is 224 g/mol. The number of carbonyl (C=O) groups excluding carboxylic acids is 1. The van der Waals surface area contributed by atoms with Gasteiger partial charge in [-0.2, -0.15) is 0 Å². The van der Waals surface area contributed by atoms with Crippen LogP contribution in [0.2, 0.25) is 0 Å². The van der Waals surface area contributed by atoms with E-state index in [0.717, 1.165) is 38.2 Å². The van der Waals surface area contributed by atoms with Crippen LogP contribution in [0.25, 0.3) is 0 Å². The molecular formula is C12H20N2O2.